The summed E-state index contributed by atoms with van der Waals surface area (Å²) in [7, 11) is 0. The monoisotopic (exact) mass is 454 g/mol. The molecule has 0 fully saturated rings. The van der Waals surface area contributed by atoms with Gasteiger partial charge in [-0.05, 0) is 50.1 Å². The van der Waals surface area contributed by atoms with Gasteiger partial charge in [-0.3, -0.25) is 14.0 Å². The average Bonchev–Trinajstić information content (AvgIpc) is 3.24. The number of nitrogens with zero attached hydrogens (tertiary/aromatic N) is 4. The van der Waals surface area contributed by atoms with Gasteiger partial charge in [0, 0.05) is 5.56 Å². The molecule has 164 valence electrons. The standard InChI is InChI=1S/C26H22N4O2S/c1-16-13-14-17(2)22(15-16)29-24(32)20-11-7-8-12-21(20)30-25(29)27-28-26(30)33-18(3)23(31)19-9-5-4-6-10-19/h4-15,18H,1-3H3. The van der Waals surface area contributed by atoms with Gasteiger partial charge in [-0.1, -0.05) is 66.4 Å². The fraction of sp³-hybridized carbons (Fsp3) is 0.154. The summed E-state index contributed by atoms with van der Waals surface area (Å²) in [5, 5.41) is 9.57. The number of fused-ring (bicyclic) bond motifs is 3. The van der Waals surface area contributed by atoms with Crippen molar-refractivity contribution < 1.29 is 4.79 Å². The Balaban J connectivity index is 1.72. The van der Waals surface area contributed by atoms with E-state index in [2.05, 4.69) is 10.2 Å². The number of thioether (sulfide) groups is 1. The van der Waals surface area contributed by atoms with Crippen LogP contribution in [-0.4, -0.2) is 30.2 Å². The molecule has 0 saturated carbocycles. The second-order valence-electron chi connectivity index (χ2n) is 8.06. The fourth-order valence-electron chi connectivity index (χ4n) is 3.98. The minimum atomic E-state index is -0.375. The van der Waals surface area contributed by atoms with Gasteiger partial charge in [0.25, 0.3) is 5.56 Å². The molecule has 0 aliphatic rings. The molecule has 2 aromatic heterocycles. The van der Waals surface area contributed by atoms with E-state index >= 15 is 0 Å². The van der Waals surface area contributed by atoms with Crippen molar-refractivity contribution in [2.75, 3.05) is 0 Å². The van der Waals surface area contributed by atoms with Crippen molar-refractivity contribution in [3.05, 3.63) is 99.8 Å². The highest BCUT2D eigenvalue weighted by Gasteiger charge is 2.23. The lowest BCUT2D eigenvalue weighted by atomic mass is 10.1. The molecule has 0 spiro atoms. The number of ketones is 1. The van der Waals surface area contributed by atoms with Gasteiger partial charge in [0.2, 0.25) is 5.78 Å². The Morgan fingerprint density at radius 1 is 0.939 bits per heavy atom. The molecule has 2 heterocycles. The van der Waals surface area contributed by atoms with E-state index in [1.807, 2.05) is 98.0 Å². The average molecular weight is 455 g/mol. The van der Waals surface area contributed by atoms with Crippen molar-refractivity contribution in [1.82, 2.24) is 19.2 Å². The highest BCUT2D eigenvalue weighted by Crippen LogP contribution is 2.28. The van der Waals surface area contributed by atoms with Gasteiger partial charge >= 0.3 is 0 Å². The molecular weight excluding hydrogens is 432 g/mol. The van der Waals surface area contributed by atoms with Crippen molar-refractivity contribution in [3.63, 3.8) is 0 Å². The number of carbonyl (C=O) groups is 1. The maximum absolute atomic E-state index is 13.6. The zero-order valence-corrected chi connectivity index (χ0v) is 19.3. The van der Waals surface area contributed by atoms with E-state index in [-0.39, 0.29) is 16.6 Å². The highest BCUT2D eigenvalue weighted by molar-refractivity contribution is 8.00. The second kappa shape index (κ2) is 8.33. The van der Waals surface area contributed by atoms with E-state index in [0.29, 0.717) is 27.4 Å². The molecule has 5 rings (SSSR count). The van der Waals surface area contributed by atoms with Crippen LogP contribution >= 0.6 is 11.8 Å². The molecule has 5 aromatic rings. The molecule has 1 atom stereocenters. The minimum absolute atomic E-state index is 0.0181. The van der Waals surface area contributed by atoms with Gasteiger partial charge in [-0.15, -0.1) is 10.2 Å². The van der Waals surface area contributed by atoms with Crippen LogP contribution < -0.4 is 5.56 Å². The normalized spacial score (nSPS) is 12.3. The number of aromatic nitrogens is 4. The van der Waals surface area contributed by atoms with Crippen LogP contribution in [0.15, 0.2) is 82.7 Å². The fourth-order valence-corrected chi connectivity index (χ4v) is 4.91. The smallest absolute Gasteiger partial charge is 0.267 e. The molecule has 3 aromatic carbocycles. The summed E-state index contributed by atoms with van der Waals surface area (Å²) in [6.07, 6.45) is 0. The number of aryl methyl sites for hydroxylation is 2. The van der Waals surface area contributed by atoms with Crippen LogP contribution in [0.1, 0.15) is 28.4 Å². The van der Waals surface area contributed by atoms with E-state index < -0.39 is 0 Å². The summed E-state index contributed by atoms with van der Waals surface area (Å²) >= 11 is 1.34. The van der Waals surface area contributed by atoms with Gasteiger partial charge in [-0.25, -0.2) is 4.57 Å². The van der Waals surface area contributed by atoms with Crippen molar-refractivity contribution in [2.24, 2.45) is 0 Å². The van der Waals surface area contributed by atoms with Gasteiger partial charge in [-0.2, -0.15) is 0 Å². The summed E-state index contributed by atoms with van der Waals surface area (Å²) in [6.45, 7) is 5.83. The number of hydrogen-bond acceptors (Lipinski definition) is 5. The predicted octanol–water partition coefficient (Wildman–Crippen LogP) is 5.01. The lowest BCUT2D eigenvalue weighted by Gasteiger charge is -2.14. The van der Waals surface area contributed by atoms with E-state index in [0.717, 1.165) is 16.8 Å². The Morgan fingerprint density at radius 2 is 1.67 bits per heavy atom. The first-order valence-corrected chi connectivity index (χ1v) is 11.6. The number of rotatable bonds is 5. The molecule has 0 aliphatic heterocycles. The third-order valence-electron chi connectivity index (χ3n) is 5.71. The Labute approximate surface area is 194 Å². The Hall–Kier alpha value is -3.71. The van der Waals surface area contributed by atoms with Crippen molar-refractivity contribution in [3.8, 4) is 5.69 Å². The maximum Gasteiger partial charge on any atom is 0.267 e. The van der Waals surface area contributed by atoms with E-state index in [4.69, 9.17) is 0 Å². The number of para-hydroxylation sites is 1. The zero-order valence-electron chi connectivity index (χ0n) is 18.5. The van der Waals surface area contributed by atoms with Gasteiger partial charge < -0.3 is 0 Å². The topological polar surface area (TPSA) is 69.3 Å². The SMILES string of the molecule is Cc1ccc(C)c(-n2c(=O)c3ccccc3n3c(SC(C)C(=O)c4ccccc4)nnc23)c1. The number of carbonyl (C=O) groups excluding carboxylic acids is 1. The molecule has 0 saturated heterocycles. The van der Waals surface area contributed by atoms with E-state index in [1.165, 1.54) is 11.8 Å². The largest absolute Gasteiger partial charge is 0.293 e. The van der Waals surface area contributed by atoms with Crippen LogP contribution in [-0.2, 0) is 0 Å². The molecule has 6 nitrogen and oxygen atoms in total. The summed E-state index contributed by atoms with van der Waals surface area (Å²) in [5.41, 5.74) is 4.00. The van der Waals surface area contributed by atoms with Crippen LogP contribution in [0.3, 0.4) is 0 Å². The van der Waals surface area contributed by atoms with E-state index in [9.17, 15) is 9.59 Å². The van der Waals surface area contributed by atoms with Crippen LogP contribution in [0.25, 0.3) is 22.4 Å². The lowest BCUT2D eigenvalue weighted by Crippen LogP contribution is -2.23. The van der Waals surface area contributed by atoms with Crippen LogP contribution in [0.4, 0.5) is 0 Å². The van der Waals surface area contributed by atoms with Crippen molar-refractivity contribution in [1.29, 1.82) is 0 Å². The molecule has 33 heavy (non-hydrogen) atoms. The Bertz CT molecular complexity index is 1570. The molecule has 1 unspecified atom stereocenters. The number of Topliss-reactive ketones (excluding diaryl/α,β-unsaturated/α-hetero) is 1. The first-order valence-electron chi connectivity index (χ1n) is 10.7. The Morgan fingerprint density at radius 3 is 2.45 bits per heavy atom. The molecule has 0 aliphatic carbocycles. The van der Waals surface area contributed by atoms with Crippen molar-refractivity contribution >= 4 is 34.2 Å². The molecule has 0 amide bonds. The highest BCUT2D eigenvalue weighted by atomic mass is 32.2. The summed E-state index contributed by atoms with van der Waals surface area (Å²) in [4.78, 5) is 26.5. The number of benzene rings is 3. The molecule has 0 radical (unpaired) electrons. The molecule has 0 bridgehead atoms. The Kier molecular flexibility index (Phi) is 5.34. The predicted molar refractivity (Wildman–Crippen MR) is 132 cm³/mol. The first kappa shape index (κ1) is 21.2. The second-order valence-corrected chi connectivity index (χ2v) is 9.36. The minimum Gasteiger partial charge on any atom is -0.293 e. The molecular formula is C26H22N4O2S. The van der Waals surface area contributed by atoms with Crippen LogP contribution in [0, 0.1) is 13.8 Å². The quantitative estimate of drug-likeness (QED) is 0.276. The van der Waals surface area contributed by atoms with Crippen LogP contribution in [0.2, 0.25) is 0 Å². The summed E-state index contributed by atoms with van der Waals surface area (Å²) in [5.74, 6) is 0.443. The number of hydrogen-bond donors (Lipinski definition) is 0. The first-order chi connectivity index (χ1) is 16.0. The zero-order chi connectivity index (χ0) is 23.1. The van der Waals surface area contributed by atoms with Gasteiger partial charge in [0.15, 0.2) is 10.9 Å². The summed E-state index contributed by atoms with van der Waals surface area (Å²) in [6, 6.07) is 22.6. The van der Waals surface area contributed by atoms with Crippen molar-refractivity contribution in [2.45, 2.75) is 31.2 Å². The third-order valence-corrected chi connectivity index (χ3v) is 6.75. The van der Waals surface area contributed by atoms with Crippen LogP contribution in [0.5, 0.6) is 0 Å². The third kappa shape index (κ3) is 3.64. The van der Waals surface area contributed by atoms with Gasteiger partial charge in [0.1, 0.15) is 0 Å². The lowest BCUT2D eigenvalue weighted by molar-refractivity contribution is 0.0994. The summed E-state index contributed by atoms with van der Waals surface area (Å²) < 4.78 is 3.49. The maximum atomic E-state index is 13.6. The molecule has 7 heteroatoms. The molecule has 0 N–H and O–H groups in total. The van der Waals surface area contributed by atoms with E-state index in [1.54, 1.807) is 4.57 Å². The van der Waals surface area contributed by atoms with Gasteiger partial charge in [0.05, 0.1) is 21.8 Å².